The van der Waals surface area contributed by atoms with Gasteiger partial charge in [-0.25, -0.2) is 0 Å². The summed E-state index contributed by atoms with van der Waals surface area (Å²) in [6.45, 7) is 0.829. The lowest BCUT2D eigenvalue weighted by molar-refractivity contribution is 0.0972. The van der Waals surface area contributed by atoms with Crippen LogP contribution in [0.3, 0.4) is 0 Å². The van der Waals surface area contributed by atoms with Crippen LogP contribution in [0.2, 0.25) is 0 Å². The van der Waals surface area contributed by atoms with Gasteiger partial charge < -0.3 is 4.90 Å². The molecule has 0 spiro atoms. The second-order valence-corrected chi connectivity index (χ2v) is 4.81. The first-order valence-corrected chi connectivity index (χ1v) is 5.96. The van der Waals surface area contributed by atoms with E-state index in [-0.39, 0.29) is 5.78 Å². The van der Waals surface area contributed by atoms with Gasteiger partial charge >= 0.3 is 0 Å². The summed E-state index contributed by atoms with van der Waals surface area (Å²) in [4.78, 5) is 14.0. The van der Waals surface area contributed by atoms with Crippen molar-refractivity contribution in [1.29, 1.82) is 0 Å². The van der Waals surface area contributed by atoms with Gasteiger partial charge in [-0.15, -0.1) is 0 Å². The number of nitrogens with zero attached hydrogens (tertiary/aromatic N) is 1. The molecule has 0 unspecified atom stereocenters. The molecule has 0 heterocycles. The molecule has 86 valence electrons. The highest BCUT2D eigenvalue weighted by atomic mass is 16.1. The maximum absolute atomic E-state index is 11.9. The van der Waals surface area contributed by atoms with Crippen molar-refractivity contribution in [2.24, 2.45) is 0 Å². The molecule has 2 nitrogen and oxygen atoms in total. The minimum Gasteiger partial charge on any atom is -0.309 e. The number of Topliss-reactive ketones (excluding diaryl/α,β-unsaturated/α-hetero) is 1. The molecule has 2 heteroatoms. The SMILES string of the molecule is CN(C)CCC(=O)c1ccc2c(c1)CCC2. The average molecular weight is 217 g/mol. The van der Waals surface area contributed by atoms with Crippen molar-refractivity contribution >= 4 is 5.78 Å². The van der Waals surface area contributed by atoms with Crippen LogP contribution in [0, 0.1) is 0 Å². The average Bonchev–Trinajstić information content (AvgIpc) is 2.72. The molecule has 0 saturated carbocycles. The first-order chi connectivity index (χ1) is 7.66. The minimum atomic E-state index is 0.267. The number of carbonyl (C=O) groups is 1. The number of hydrogen-bond donors (Lipinski definition) is 0. The second-order valence-electron chi connectivity index (χ2n) is 4.81. The van der Waals surface area contributed by atoms with Crippen molar-refractivity contribution in [2.45, 2.75) is 25.7 Å². The van der Waals surface area contributed by atoms with E-state index in [2.05, 4.69) is 12.1 Å². The topological polar surface area (TPSA) is 20.3 Å². The Labute approximate surface area is 97.3 Å². The fourth-order valence-corrected chi connectivity index (χ4v) is 2.21. The van der Waals surface area contributed by atoms with Crippen molar-refractivity contribution in [2.75, 3.05) is 20.6 Å². The summed E-state index contributed by atoms with van der Waals surface area (Å²) >= 11 is 0. The maximum atomic E-state index is 11.9. The van der Waals surface area contributed by atoms with Gasteiger partial charge in [-0.2, -0.15) is 0 Å². The van der Waals surface area contributed by atoms with E-state index < -0.39 is 0 Å². The number of aryl methyl sites for hydroxylation is 2. The number of benzene rings is 1. The zero-order chi connectivity index (χ0) is 11.5. The highest BCUT2D eigenvalue weighted by Crippen LogP contribution is 2.23. The van der Waals surface area contributed by atoms with Gasteiger partial charge in [0, 0.05) is 18.5 Å². The number of hydrogen-bond acceptors (Lipinski definition) is 2. The molecule has 0 bridgehead atoms. The Bertz CT molecular complexity index is 396. The lowest BCUT2D eigenvalue weighted by atomic mass is 10.0. The van der Waals surface area contributed by atoms with E-state index in [0.717, 1.165) is 18.5 Å². The Morgan fingerprint density at radius 3 is 2.75 bits per heavy atom. The van der Waals surface area contributed by atoms with Crippen LogP contribution in [0.5, 0.6) is 0 Å². The van der Waals surface area contributed by atoms with Crippen LogP contribution in [0.4, 0.5) is 0 Å². The van der Waals surface area contributed by atoms with Gasteiger partial charge in [0.1, 0.15) is 0 Å². The summed E-state index contributed by atoms with van der Waals surface area (Å²) in [5.41, 5.74) is 3.71. The smallest absolute Gasteiger partial charge is 0.164 e. The summed E-state index contributed by atoms with van der Waals surface area (Å²) in [5.74, 6) is 0.267. The molecule has 1 aromatic rings. The van der Waals surface area contributed by atoms with Crippen molar-refractivity contribution in [3.05, 3.63) is 34.9 Å². The van der Waals surface area contributed by atoms with Gasteiger partial charge in [-0.05, 0) is 50.6 Å². The van der Waals surface area contributed by atoms with Crippen LogP contribution >= 0.6 is 0 Å². The Morgan fingerprint density at radius 1 is 1.25 bits per heavy atom. The third kappa shape index (κ3) is 2.50. The number of carbonyl (C=O) groups excluding carboxylic acids is 1. The standard InChI is InChI=1S/C14H19NO/c1-15(2)9-8-14(16)13-7-6-11-4-3-5-12(11)10-13/h6-7,10H,3-5,8-9H2,1-2H3. The van der Waals surface area contributed by atoms with Crippen LogP contribution in [0.15, 0.2) is 18.2 Å². The van der Waals surface area contributed by atoms with Crippen molar-refractivity contribution in [1.82, 2.24) is 4.90 Å². The highest BCUT2D eigenvalue weighted by Gasteiger charge is 2.13. The van der Waals surface area contributed by atoms with Gasteiger partial charge in [-0.1, -0.05) is 12.1 Å². The molecule has 0 atom stereocenters. The molecule has 1 aliphatic rings. The molecule has 1 aromatic carbocycles. The van der Waals surface area contributed by atoms with E-state index in [9.17, 15) is 4.79 Å². The van der Waals surface area contributed by atoms with Gasteiger partial charge in [-0.3, -0.25) is 4.79 Å². The zero-order valence-electron chi connectivity index (χ0n) is 10.1. The summed E-state index contributed by atoms with van der Waals surface area (Å²) in [6.07, 6.45) is 4.18. The van der Waals surface area contributed by atoms with Crippen molar-refractivity contribution in [3.8, 4) is 0 Å². The largest absolute Gasteiger partial charge is 0.309 e. The summed E-state index contributed by atoms with van der Waals surface area (Å²) in [7, 11) is 3.99. The number of ketones is 1. The lowest BCUT2D eigenvalue weighted by Gasteiger charge is -2.09. The Kier molecular flexibility index (Phi) is 3.39. The third-order valence-corrected chi connectivity index (χ3v) is 3.21. The fraction of sp³-hybridized carbons (Fsp3) is 0.500. The molecule has 0 saturated heterocycles. The zero-order valence-corrected chi connectivity index (χ0v) is 10.1. The summed E-state index contributed by atoms with van der Waals surface area (Å²) in [6, 6.07) is 6.22. The van der Waals surface area contributed by atoms with Crippen LogP contribution in [0.25, 0.3) is 0 Å². The third-order valence-electron chi connectivity index (χ3n) is 3.21. The molecule has 1 aliphatic carbocycles. The first kappa shape index (κ1) is 11.3. The molecular formula is C14H19NO. The lowest BCUT2D eigenvalue weighted by Crippen LogP contribution is -2.16. The highest BCUT2D eigenvalue weighted by molar-refractivity contribution is 5.96. The minimum absolute atomic E-state index is 0.267. The van der Waals surface area contributed by atoms with Gasteiger partial charge in [0.15, 0.2) is 5.78 Å². The van der Waals surface area contributed by atoms with E-state index in [1.807, 2.05) is 25.1 Å². The Morgan fingerprint density at radius 2 is 2.00 bits per heavy atom. The molecule has 0 N–H and O–H groups in total. The molecule has 2 rings (SSSR count). The number of rotatable bonds is 4. The second kappa shape index (κ2) is 4.79. The van der Waals surface area contributed by atoms with Crippen LogP contribution < -0.4 is 0 Å². The van der Waals surface area contributed by atoms with Crippen molar-refractivity contribution in [3.63, 3.8) is 0 Å². The monoisotopic (exact) mass is 217 g/mol. The molecule has 0 amide bonds. The van der Waals surface area contributed by atoms with Crippen LogP contribution in [0.1, 0.15) is 34.3 Å². The van der Waals surface area contributed by atoms with E-state index in [0.29, 0.717) is 6.42 Å². The van der Waals surface area contributed by atoms with E-state index >= 15 is 0 Å². The maximum Gasteiger partial charge on any atom is 0.164 e. The van der Waals surface area contributed by atoms with Crippen LogP contribution in [-0.2, 0) is 12.8 Å². The Balaban J connectivity index is 2.06. The van der Waals surface area contributed by atoms with Gasteiger partial charge in [0.25, 0.3) is 0 Å². The molecule has 0 aliphatic heterocycles. The molecule has 0 aromatic heterocycles. The summed E-state index contributed by atoms with van der Waals surface area (Å²) in [5, 5.41) is 0. The van der Waals surface area contributed by atoms with Crippen LogP contribution in [-0.4, -0.2) is 31.3 Å². The van der Waals surface area contributed by atoms with E-state index in [1.165, 1.54) is 24.0 Å². The quantitative estimate of drug-likeness (QED) is 0.721. The predicted molar refractivity (Wildman–Crippen MR) is 66.0 cm³/mol. The number of fused-ring (bicyclic) bond motifs is 1. The van der Waals surface area contributed by atoms with E-state index in [4.69, 9.17) is 0 Å². The predicted octanol–water partition coefficient (Wildman–Crippen LogP) is 2.31. The molecule has 16 heavy (non-hydrogen) atoms. The van der Waals surface area contributed by atoms with E-state index in [1.54, 1.807) is 0 Å². The van der Waals surface area contributed by atoms with Gasteiger partial charge in [0.2, 0.25) is 0 Å². The Hall–Kier alpha value is -1.15. The van der Waals surface area contributed by atoms with Gasteiger partial charge in [0.05, 0.1) is 0 Å². The molecule has 0 radical (unpaired) electrons. The fourth-order valence-electron chi connectivity index (χ4n) is 2.21. The normalized spacial score (nSPS) is 14.2. The van der Waals surface area contributed by atoms with Crippen molar-refractivity contribution < 1.29 is 4.79 Å². The summed E-state index contributed by atoms with van der Waals surface area (Å²) < 4.78 is 0. The molecule has 0 fully saturated rings. The molecular weight excluding hydrogens is 198 g/mol. The first-order valence-electron chi connectivity index (χ1n) is 5.96.